The van der Waals surface area contributed by atoms with Crippen LogP contribution in [-0.2, 0) is 9.31 Å². The Morgan fingerprint density at radius 1 is 0.852 bits per heavy atom. The van der Waals surface area contributed by atoms with E-state index in [4.69, 9.17) is 53.6 Å². The van der Waals surface area contributed by atoms with Gasteiger partial charge in [0, 0.05) is 11.1 Å². The molecule has 0 radical (unpaired) electrons. The van der Waals surface area contributed by atoms with Crippen LogP contribution >= 0.6 is 34.8 Å². The van der Waals surface area contributed by atoms with Gasteiger partial charge >= 0.3 is 7.12 Å². The molecule has 144 valence electrons. The monoisotopic (exact) mass is 428 g/mol. The predicted octanol–water partition coefficient (Wildman–Crippen LogP) is 5.75. The Morgan fingerprint density at radius 3 is 1.93 bits per heavy atom. The fourth-order valence-corrected chi connectivity index (χ4v) is 3.37. The lowest BCUT2D eigenvalue weighted by molar-refractivity contribution is 0.00578. The van der Waals surface area contributed by atoms with E-state index in [0.29, 0.717) is 32.3 Å². The van der Waals surface area contributed by atoms with Gasteiger partial charge in [-0.25, -0.2) is 0 Å². The number of ether oxygens (including phenoxy) is 2. The summed E-state index contributed by atoms with van der Waals surface area (Å²) in [7, 11) is 0.965. The maximum Gasteiger partial charge on any atom is 0.494 e. The van der Waals surface area contributed by atoms with Gasteiger partial charge < -0.3 is 18.8 Å². The number of hydrogen-bond donors (Lipinski definition) is 0. The van der Waals surface area contributed by atoms with Crippen LogP contribution in [0.15, 0.2) is 30.3 Å². The van der Waals surface area contributed by atoms with Crippen LogP contribution in [0.2, 0.25) is 15.1 Å². The number of halogens is 3. The minimum atomic E-state index is -0.566. The summed E-state index contributed by atoms with van der Waals surface area (Å²) in [5.74, 6) is 1.25. The van der Waals surface area contributed by atoms with Gasteiger partial charge in [-0.3, -0.25) is 0 Å². The summed E-state index contributed by atoms with van der Waals surface area (Å²) < 4.78 is 23.3. The molecule has 0 saturated carbocycles. The van der Waals surface area contributed by atoms with Crippen molar-refractivity contribution in [1.82, 2.24) is 0 Å². The molecule has 2 aromatic rings. The van der Waals surface area contributed by atoms with Gasteiger partial charge in [-0.2, -0.15) is 0 Å². The molecule has 8 heteroatoms. The second kappa shape index (κ2) is 7.38. The first-order valence-corrected chi connectivity index (χ1v) is 9.53. The van der Waals surface area contributed by atoms with Crippen LogP contribution in [0, 0.1) is 0 Å². The zero-order valence-electron chi connectivity index (χ0n) is 15.7. The number of benzene rings is 2. The van der Waals surface area contributed by atoms with Gasteiger partial charge in [0.15, 0.2) is 17.2 Å². The van der Waals surface area contributed by atoms with Crippen molar-refractivity contribution >= 4 is 47.4 Å². The Hall–Kier alpha value is -1.11. The van der Waals surface area contributed by atoms with Crippen LogP contribution in [-0.4, -0.2) is 25.4 Å². The van der Waals surface area contributed by atoms with E-state index >= 15 is 0 Å². The zero-order valence-corrected chi connectivity index (χ0v) is 18.0. The molecule has 0 atom stereocenters. The van der Waals surface area contributed by atoms with Crippen LogP contribution < -0.4 is 14.9 Å². The van der Waals surface area contributed by atoms with E-state index in [-0.39, 0.29) is 0 Å². The summed E-state index contributed by atoms with van der Waals surface area (Å²) >= 11 is 18.9. The van der Waals surface area contributed by atoms with Crippen molar-refractivity contribution in [1.29, 1.82) is 0 Å². The van der Waals surface area contributed by atoms with E-state index in [2.05, 4.69) is 0 Å². The van der Waals surface area contributed by atoms with E-state index in [1.54, 1.807) is 30.3 Å². The van der Waals surface area contributed by atoms with E-state index in [1.165, 1.54) is 7.11 Å². The standard InChI is InChI=1S/C19H20BCl3O4/c1-18(2)19(3,4)27-20(26-18)11-8-13(22)17(14(23)9-11)25-15-7-6-12(21)10-16(15)24-5/h6-10H,1-5H3. The molecule has 1 aliphatic heterocycles. The Labute approximate surface area is 174 Å². The fourth-order valence-electron chi connectivity index (χ4n) is 2.63. The molecule has 3 rings (SSSR count). The van der Waals surface area contributed by atoms with Gasteiger partial charge in [0.25, 0.3) is 0 Å². The Kier molecular flexibility index (Phi) is 5.64. The largest absolute Gasteiger partial charge is 0.494 e. The van der Waals surface area contributed by atoms with Crippen molar-refractivity contribution in [3.63, 3.8) is 0 Å². The minimum Gasteiger partial charge on any atom is -0.493 e. The molecule has 0 aromatic heterocycles. The highest BCUT2D eigenvalue weighted by molar-refractivity contribution is 6.63. The smallest absolute Gasteiger partial charge is 0.493 e. The van der Waals surface area contributed by atoms with Crippen molar-refractivity contribution in [3.8, 4) is 17.2 Å². The quantitative estimate of drug-likeness (QED) is 0.580. The van der Waals surface area contributed by atoms with E-state index in [9.17, 15) is 0 Å². The van der Waals surface area contributed by atoms with E-state index in [0.717, 1.165) is 5.46 Å². The summed E-state index contributed by atoms with van der Waals surface area (Å²) in [5, 5.41) is 1.21. The lowest BCUT2D eigenvalue weighted by Gasteiger charge is -2.32. The van der Waals surface area contributed by atoms with Gasteiger partial charge in [-0.15, -0.1) is 0 Å². The summed E-state index contributed by atoms with van der Waals surface area (Å²) in [6.07, 6.45) is 0. The molecule has 0 amide bonds. The van der Waals surface area contributed by atoms with Crippen LogP contribution in [0.3, 0.4) is 0 Å². The van der Waals surface area contributed by atoms with E-state index < -0.39 is 18.3 Å². The highest BCUT2D eigenvalue weighted by Crippen LogP contribution is 2.41. The van der Waals surface area contributed by atoms with Crippen molar-refractivity contribution in [2.75, 3.05) is 7.11 Å². The van der Waals surface area contributed by atoms with Crippen LogP contribution in [0.25, 0.3) is 0 Å². The molecular formula is C19H20BCl3O4. The van der Waals surface area contributed by atoms with E-state index in [1.807, 2.05) is 27.7 Å². The third kappa shape index (κ3) is 4.03. The molecule has 0 unspecified atom stereocenters. The van der Waals surface area contributed by atoms with Crippen molar-refractivity contribution in [2.45, 2.75) is 38.9 Å². The fraction of sp³-hybridized carbons (Fsp3) is 0.368. The maximum atomic E-state index is 6.44. The molecule has 0 aliphatic carbocycles. The Balaban J connectivity index is 1.91. The normalized spacial score (nSPS) is 17.9. The van der Waals surface area contributed by atoms with Gasteiger partial charge in [0.2, 0.25) is 0 Å². The average molecular weight is 430 g/mol. The second-order valence-electron chi connectivity index (χ2n) is 7.30. The molecule has 1 aliphatic rings. The SMILES string of the molecule is COc1cc(Cl)ccc1Oc1c(Cl)cc(B2OC(C)(C)C(C)(C)O2)cc1Cl. The lowest BCUT2D eigenvalue weighted by Crippen LogP contribution is -2.41. The molecule has 4 nitrogen and oxygen atoms in total. The van der Waals surface area contributed by atoms with Gasteiger partial charge in [0.1, 0.15) is 0 Å². The van der Waals surface area contributed by atoms with Crippen molar-refractivity contribution in [3.05, 3.63) is 45.4 Å². The summed E-state index contributed by atoms with van der Waals surface area (Å²) in [5.41, 5.74) is -0.190. The predicted molar refractivity (Wildman–Crippen MR) is 110 cm³/mol. The van der Waals surface area contributed by atoms with Gasteiger partial charge in [-0.1, -0.05) is 34.8 Å². The molecule has 0 spiro atoms. The maximum absolute atomic E-state index is 6.44. The highest BCUT2D eigenvalue weighted by Gasteiger charge is 2.51. The zero-order chi connectivity index (χ0) is 20.0. The first-order chi connectivity index (χ1) is 12.5. The molecule has 27 heavy (non-hydrogen) atoms. The molecule has 1 heterocycles. The van der Waals surface area contributed by atoms with Gasteiger partial charge in [-0.05, 0) is 57.4 Å². The van der Waals surface area contributed by atoms with Crippen LogP contribution in [0.5, 0.6) is 17.2 Å². The average Bonchev–Trinajstić information content (AvgIpc) is 2.79. The third-order valence-corrected chi connectivity index (χ3v) is 5.68. The summed E-state index contributed by atoms with van der Waals surface area (Å²) in [6.45, 7) is 7.95. The van der Waals surface area contributed by atoms with Crippen molar-refractivity contribution < 1.29 is 18.8 Å². The molecule has 0 N–H and O–H groups in total. The molecule has 2 aromatic carbocycles. The highest BCUT2D eigenvalue weighted by atomic mass is 35.5. The lowest BCUT2D eigenvalue weighted by atomic mass is 9.79. The topological polar surface area (TPSA) is 36.9 Å². The van der Waals surface area contributed by atoms with Crippen LogP contribution in [0.4, 0.5) is 0 Å². The number of hydrogen-bond acceptors (Lipinski definition) is 4. The third-order valence-electron chi connectivity index (χ3n) is 4.88. The summed E-state index contributed by atoms with van der Waals surface area (Å²) in [6, 6.07) is 8.49. The summed E-state index contributed by atoms with van der Waals surface area (Å²) in [4.78, 5) is 0. The van der Waals surface area contributed by atoms with Gasteiger partial charge in [0.05, 0.1) is 28.4 Å². The number of methoxy groups -OCH3 is 1. The first-order valence-electron chi connectivity index (χ1n) is 8.40. The number of rotatable bonds is 4. The Morgan fingerprint density at radius 2 is 1.41 bits per heavy atom. The van der Waals surface area contributed by atoms with Crippen LogP contribution in [0.1, 0.15) is 27.7 Å². The molecule has 1 saturated heterocycles. The minimum absolute atomic E-state index is 0.319. The second-order valence-corrected chi connectivity index (χ2v) is 8.55. The molecule has 1 fully saturated rings. The Bertz CT molecular complexity index is 831. The molecular weight excluding hydrogens is 409 g/mol. The first kappa shape index (κ1) is 20.6. The molecule has 0 bridgehead atoms. The van der Waals surface area contributed by atoms with Crippen molar-refractivity contribution in [2.24, 2.45) is 0 Å².